The minimum Gasteiger partial charge on any atom is -0.382 e. The Hall–Kier alpha value is -1.72. The van der Waals surface area contributed by atoms with Crippen LogP contribution in [0.1, 0.15) is 43.4 Å². The van der Waals surface area contributed by atoms with E-state index in [9.17, 15) is 18.0 Å². The van der Waals surface area contributed by atoms with Gasteiger partial charge in [-0.25, -0.2) is 0 Å². The van der Waals surface area contributed by atoms with Crippen LogP contribution in [0.25, 0.3) is 0 Å². The number of hydrogen-bond donors (Lipinski definition) is 2. The van der Waals surface area contributed by atoms with Crippen LogP contribution in [-0.4, -0.2) is 11.9 Å². The van der Waals surface area contributed by atoms with Crippen molar-refractivity contribution >= 4 is 11.6 Å². The number of anilines is 1. The van der Waals surface area contributed by atoms with Gasteiger partial charge in [0.1, 0.15) is 0 Å². The van der Waals surface area contributed by atoms with Gasteiger partial charge in [-0.05, 0) is 48.9 Å². The summed E-state index contributed by atoms with van der Waals surface area (Å²) in [7, 11) is 0. The number of benzene rings is 1. The first-order valence-electron chi connectivity index (χ1n) is 7.09. The third kappa shape index (κ3) is 2.99. The summed E-state index contributed by atoms with van der Waals surface area (Å²) in [6.07, 6.45) is -1.46. The first-order chi connectivity index (χ1) is 9.84. The van der Waals surface area contributed by atoms with Crippen molar-refractivity contribution in [3.8, 4) is 0 Å². The lowest BCUT2D eigenvalue weighted by atomic mass is 9.89. The van der Waals surface area contributed by atoms with Crippen molar-refractivity contribution in [3.63, 3.8) is 0 Å². The maximum absolute atomic E-state index is 12.9. The van der Waals surface area contributed by atoms with Gasteiger partial charge in [-0.3, -0.25) is 4.79 Å². The largest absolute Gasteiger partial charge is 0.416 e. The molecule has 0 bridgehead atoms. The van der Waals surface area contributed by atoms with Crippen molar-refractivity contribution < 1.29 is 18.0 Å². The van der Waals surface area contributed by atoms with E-state index in [0.29, 0.717) is 23.6 Å². The topological polar surface area (TPSA) is 41.1 Å². The molecule has 0 saturated heterocycles. The minimum atomic E-state index is -4.37. The summed E-state index contributed by atoms with van der Waals surface area (Å²) in [5.41, 5.74) is 0.546. The van der Waals surface area contributed by atoms with E-state index in [1.165, 1.54) is 13.0 Å². The summed E-state index contributed by atoms with van der Waals surface area (Å²) in [5, 5.41) is 6.11. The zero-order valence-corrected chi connectivity index (χ0v) is 11.6. The molecule has 2 aliphatic rings. The average molecular weight is 298 g/mol. The number of carbonyl (C=O) groups is 1. The maximum Gasteiger partial charge on any atom is 0.416 e. The zero-order valence-electron chi connectivity index (χ0n) is 11.6. The van der Waals surface area contributed by atoms with Crippen molar-refractivity contribution in [2.45, 2.75) is 44.4 Å². The molecule has 3 rings (SSSR count). The van der Waals surface area contributed by atoms with Crippen LogP contribution in [0.5, 0.6) is 0 Å². The monoisotopic (exact) mass is 298 g/mol. The highest BCUT2D eigenvalue weighted by molar-refractivity contribution is 5.74. The molecule has 1 aromatic rings. The summed E-state index contributed by atoms with van der Waals surface area (Å²) < 4.78 is 38.6. The molecular formula is C15H17F3N2O. The second-order valence-corrected chi connectivity index (χ2v) is 5.88. The highest BCUT2D eigenvalue weighted by Crippen LogP contribution is 2.44. The van der Waals surface area contributed by atoms with Crippen LogP contribution in [0.15, 0.2) is 18.2 Å². The van der Waals surface area contributed by atoms with E-state index in [2.05, 4.69) is 10.6 Å². The van der Waals surface area contributed by atoms with Crippen molar-refractivity contribution in [1.29, 1.82) is 0 Å². The summed E-state index contributed by atoms with van der Waals surface area (Å²) in [4.78, 5) is 11.3. The fraction of sp³-hybridized carbons (Fsp3) is 0.533. The molecule has 114 valence electrons. The Bertz CT molecular complexity index is 567. The number of fused-ring (bicyclic) bond motifs is 1. The van der Waals surface area contributed by atoms with Gasteiger partial charge >= 0.3 is 6.18 Å². The number of amides is 1. The Morgan fingerprint density at radius 2 is 2.05 bits per heavy atom. The Balaban J connectivity index is 1.95. The van der Waals surface area contributed by atoms with Gasteiger partial charge in [0.25, 0.3) is 0 Å². The Kier molecular flexibility index (Phi) is 3.34. The fourth-order valence-corrected chi connectivity index (χ4v) is 2.99. The molecule has 0 spiro atoms. The minimum absolute atomic E-state index is 0.222. The smallest absolute Gasteiger partial charge is 0.382 e. The van der Waals surface area contributed by atoms with E-state index in [-0.39, 0.29) is 18.0 Å². The molecule has 1 saturated carbocycles. The number of hydrogen-bond acceptors (Lipinski definition) is 2. The SMILES string of the molecule is CC(=O)NC1CC(C2CC2)Nc2ccc(C(F)(F)F)cc21. The summed E-state index contributed by atoms with van der Waals surface area (Å²) in [6.45, 7) is 1.39. The molecule has 1 fully saturated rings. The fourth-order valence-electron chi connectivity index (χ4n) is 2.99. The average Bonchev–Trinajstić information content (AvgIpc) is 3.20. The lowest BCUT2D eigenvalue weighted by Gasteiger charge is -2.34. The van der Waals surface area contributed by atoms with Crippen LogP contribution in [-0.2, 0) is 11.0 Å². The van der Waals surface area contributed by atoms with Crippen LogP contribution in [0, 0.1) is 5.92 Å². The molecule has 1 amide bonds. The van der Waals surface area contributed by atoms with Crippen molar-refractivity contribution in [2.24, 2.45) is 5.92 Å². The van der Waals surface area contributed by atoms with Gasteiger partial charge < -0.3 is 10.6 Å². The van der Waals surface area contributed by atoms with Crippen LogP contribution in [0.4, 0.5) is 18.9 Å². The molecule has 1 aromatic carbocycles. The van der Waals surface area contributed by atoms with E-state index in [4.69, 9.17) is 0 Å². The molecule has 1 aliphatic heterocycles. The van der Waals surface area contributed by atoms with Gasteiger partial charge in [0.05, 0.1) is 11.6 Å². The van der Waals surface area contributed by atoms with E-state index < -0.39 is 11.7 Å². The van der Waals surface area contributed by atoms with Crippen LogP contribution in [0.3, 0.4) is 0 Å². The summed E-state index contributed by atoms with van der Waals surface area (Å²) >= 11 is 0. The number of nitrogens with one attached hydrogen (secondary N) is 2. The molecule has 2 N–H and O–H groups in total. The predicted octanol–water partition coefficient (Wildman–Crippen LogP) is 3.48. The summed E-state index contributed by atoms with van der Waals surface area (Å²) in [6, 6.07) is 3.58. The lowest BCUT2D eigenvalue weighted by Crippen LogP contribution is -2.37. The van der Waals surface area contributed by atoms with E-state index in [1.54, 1.807) is 0 Å². The van der Waals surface area contributed by atoms with Gasteiger partial charge in [0.15, 0.2) is 0 Å². The molecule has 3 nitrogen and oxygen atoms in total. The Morgan fingerprint density at radius 3 is 2.62 bits per heavy atom. The maximum atomic E-state index is 12.9. The predicted molar refractivity (Wildman–Crippen MR) is 72.8 cm³/mol. The second kappa shape index (κ2) is 4.93. The highest BCUT2D eigenvalue weighted by atomic mass is 19.4. The van der Waals surface area contributed by atoms with Crippen LogP contribution in [0.2, 0.25) is 0 Å². The summed E-state index contributed by atoms with van der Waals surface area (Å²) in [5.74, 6) is 0.344. The number of carbonyl (C=O) groups excluding carboxylic acids is 1. The van der Waals surface area contributed by atoms with Crippen molar-refractivity contribution in [2.75, 3.05) is 5.32 Å². The highest BCUT2D eigenvalue weighted by Gasteiger charge is 2.38. The molecule has 2 unspecified atom stereocenters. The Morgan fingerprint density at radius 1 is 1.33 bits per heavy atom. The van der Waals surface area contributed by atoms with Gasteiger partial charge in [0, 0.05) is 18.7 Å². The van der Waals surface area contributed by atoms with Gasteiger partial charge in [-0.2, -0.15) is 13.2 Å². The Labute approximate surface area is 120 Å². The molecule has 2 atom stereocenters. The molecule has 0 radical (unpaired) electrons. The first-order valence-corrected chi connectivity index (χ1v) is 7.09. The lowest BCUT2D eigenvalue weighted by molar-refractivity contribution is -0.137. The van der Waals surface area contributed by atoms with E-state index in [0.717, 1.165) is 25.0 Å². The van der Waals surface area contributed by atoms with Gasteiger partial charge in [-0.1, -0.05) is 0 Å². The van der Waals surface area contributed by atoms with Crippen molar-refractivity contribution in [3.05, 3.63) is 29.3 Å². The van der Waals surface area contributed by atoms with Gasteiger partial charge in [-0.15, -0.1) is 0 Å². The van der Waals surface area contributed by atoms with Gasteiger partial charge in [0.2, 0.25) is 5.91 Å². The molecule has 1 heterocycles. The first kappa shape index (κ1) is 14.2. The molecule has 1 aliphatic carbocycles. The standard InChI is InChI=1S/C15H17F3N2O/c1-8(21)19-14-7-13(9-2-3-9)20-12-5-4-10(6-11(12)14)15(16,17)18/h4-6,9,13-14,20H,2-3,7H2,1H3,(H,19,21). The molecule has 6 heteroatoms. The normalized spacial score (nSPS) is 25.0. The van der Waals surface area contributed by atoms with Crippen LogP contribution < -0.4 is 10.6 Å². The quantitative estimate of drug-likeness (QED) is 0.877. The number of halogens is 3. The van der Waals surface area contributed by atoms with Crippen LogP contribution >= 0.6 is 0 Å². The second-order valence-electron chi connectivity index (χ2n) is 5.88. The molecular weight excluding hydrogens is 281 g/mol. The third-order valence-corrected chi connectivity index (χ3v) is 4.15. The van der Waals surface area contributed by atoms with Crippen molar-refractivity contribution in [1.82, 2.24) is 5.32 Å². The third-order valence-electron chi connectivity index (χ3n) is 4.15. The zero-order chi connectivity index (χ0) is 15.2. The molecule has 21 heavy (non-hydrogen) atoms. The van der Waals surface area contributed by atoms with E-state index in [1.807, 2.05) is 0 Å². The molecule has 0 aromatic heterocycles. The van der Waals surface area contributed by atoms with E-state index >= 15 is 0 Å². The number of rotatable bonds is 2. The number of alkyl halides is 3.